The second-order valence-corrected chi connectivity index (χ2v) is 12.6. The van der Waals surface area contributed by atoms with Crippen molar-refractivity contribution in [3.63, 3.8) is 0 Å². The smallest absolute Gasteiger partial charge is 0.444 e. The molecule has 2 aliphatic rings. The molecule has 2 aliphatic heterocycles. The maximum atomic E-state index is 14.5. The lowest BCUT2D eigenvalue weighted by Gasteiger charge is -2.31. The lowest BCUT2D eigenvalue weighted by atomic mass is 10.0. The van der Waals surface area contributed by atoms with E-state index in [9.17, 15) is 40.7 Å². The molecule has 49 heavy (non-hydrogen) atoms. The van der Waals surface area contributed by atoms with Crippen LogP contribution in [0.4, 0.5) is 31.1 Å². The molecule has 0 unspecified atom stereocenters. The molecule has 3 amide bonds. The zero-order valence-electron chi connectivity index (χ0n) is 27.4. The van der Waals surface area contributed by atoms with Crippen LogP contribution >= 0.6 is 0 Å². The van der Waals surface area contributed by atoms with E-state index in [1.807, 2.05) is 0 Å². The number of nitrogens with zero attached hydrogens (tertiary/aromatic N) is 4. The standard InChI is InChI=1S/C31H40F6N6O6/c1-30(2,3)49-29(46)39-20(14-19-15-22(33)23(34)17-21(19)32)16-25(44)42-5-6-43-24(18-42)26(40-28(43)31(35,36)37)27(45)38-4-10-47-11-7-41-8-12-48-13-9-41/h15,17,20H,4-14,16,18H2,1-3H3,(H,38,45)(H,39,46)/t20-/m1/s1. The number of amides is 3. The molecule has 1 atom stereocenters. The van der Waals surface area contributed by atoms with Gasteiger partial charge in [-0.2, -0.15) is 13.2 Å². The fraction of sp³-hybridized carbons (Fsp3) is 0.613. The van der Waals surface area contributed by atoms with E-state index in [2.05, 4.69) is 20.5 Å². The molecular formula is C31H40F6N6O6. The Hall–Kier alpha value is -3.90. The highest BCUT2D eigenvalue weighted by Crippen LogP contribution is 2.32. The Bertz CT molecular complexity index is 1490. The first-order valence-corrected chi connectivity index (χ1v) is 15.7. The molecule has 12 nitrogen and oxygen atoms in total. The predicted molar refractivity (Wildman–Crippen MR) is 161 cm³/mol. The molecule has 2 N–H and O–H groups in total. The maximum absolute atomic E-state index is 14.5. The third-order valence-corrected chi connectivity index (χ3v) is 7.71. The molecule has 4 rings (SSSR count). The van der Waals surface area contributed by atoms with Gasteiger partial charge in [0.15, 0.2) is 17.3 Å². The topological polar surface area (TPSA) is 127 Å². The van der Waals surface area contributed by atoms with Gasteiger partial charge in [0.25, 0.3) is 5.91 Å². The number of hydrogen-bond acceptors (Lipinski definition) is 8. The number of rotatable bonds is 12. The number of alkyl carbamates (subject to hydrolysis) is 1. The molecule has 2 aromatic rings. The lowest BCUT2D eigenvalue weighted by Crippen LogP contribution is -2.46. The van der Waals surface area contributed by atoms with Gasteiger partial charge in [-0.3, -0.25) is 14.5 Å². The van der Waals surface area contributed by atoms with Crippen LogP contribution in [0.15, 0.2) is 12.1 Å². The molecule has 18 heteroatoms. The van der Waals surface area contributed by atoms with Gasteiger partial charge in [0.1, 0.15) is 11.4 Å². The van der Waals surface area contributed by atoms with Gasteiger partial charge in [0.05, 0.1) is 38.7 Å². The highest BCUT2D eigenvalue weighted by Gasteiger charge is 2.42. The van der Waals surface area contributed by atoms with E-state index in [4.69, 9.17) is 14.2 Å². The van der Waals surface area contributed by atoms with Crippen LogP contribution in [0.3, 0.4) is 0 Å². The van der Waals surface area contributed by atoms with Gasteiger partial charge < -0.3 is 34.3 Å². The van der Waals surface area contributed by atoms with Crippen molar-refractivity contribution in [3.05, 3.63) is 52.4 Å². The quantitative estimate of drug-likeness (QED) is 0.196. The molecule has 1 aromatic carbocycles. The summed E-state index contributed by atoms with van der Waals surface area (Å²) in [5.41, 5.74) is -1.94. The van der Waals surface area contributed by atoms with E-state index in [0.29, 0.717) is 38.5 Å². The third kappa shape index (κ3) is 10.8. The Labute approximate surface area is 279 Å². The molecule has 0 aliphatic carbocycles. The minimum atomic E-state index is -4.89. The first kappa shape index (κ1) is 37.9. The third-order valence-electron chi connectivity index (χ3n) is 7.71. The van der Waals surface area contributed by atoms with Gasteiger partial charge >= 0.3 is 12.3 Å². The number of halogens is 6. The average molecular weight is 707 g/mol. The van der Waals surface area contributed by atoms with E-state index in [0.717, 1.165) is 17.7 Å². The van der Waals surface area contributed by atoms with Crippen molar-refractivity contribution in [3.8, 4) is 0 Å². The Morgan fingerprint density at radius 3 is 2.35 bits per heavy atom. The van der Waals surface area contributed by atoms with E-state index >= 15 is 0 Å². The number of carbonyl (C=O) groups excluding carboxylic acids is 3. The number of carbonyl (C=O) groups is 3. The molecule has 3 heterocycles. The van der Waals surface area contributed by atoms with Crippen LogP contribution in [-0.2, 0) is 44.7 Å². The zero-order chi connectivity index (χ0) is 35.9. The summed E-state index contributed by atoms with van der Waals surface area (Å²) >= 11 is 0. The van der Waals surface area contributed by atoms with E-state index in [-0.39, 0.29) is 37.5 Å². The van der Waals surface area contributed by atoms with Crippen molar-refractivity contribution in [1.29, 1.82) is 0 Å². The monoisotopic (exact) mass is 706 g/mol. The Balaban J connectivity index is 1.44. The van der Waals surface area contributed by atoms with Gasteiger partial charge in [-0.15, -0.1) is 0 Å². The van der Waals surface area contributed by atoms with Crippen molar-refractivity contribution in [2.45, 2.75) is 64.5 Å². The van der Waals surface area contributed by atoms with Crippen LogP contribution in [0.1, 0.15) is 54.8 Å². The SMILES string of the molecule is CC(C)(C)OC(=O)N[C@@H](CC(=O)N1CCn2c(C(F)(F)F)nc(C(=O)NCCOCCN3CCOCC3)c2C1)Cc1cc(F)c(F)cc1F. The van der Waals surface area contributed by atoms with Crippen molar-refractivity contribution in [1.82, 2.24) is 30.0 Å². The summed E-state index contributed by atoms with van der Waals surface area (Å²) in [6.07, 6.45) is -6.82. The molecule has 1 aromatic heterocycles. The summed E-state index contributed by atoms with van der Waals surface area (Å²) in [5, 5.41) is 4.95. The summed E-state index contributed by atoms with van der Waals surface area (Å²) in [4.78, 5) is 46.0. The van der Waals surface area contributed by atoms with Gasteiger partial charge in [0, 0.05) is 57.8 Å². The molecule has 0 bridgehead atoms. The second kappa shape index (κ2) is 16.2. The Kier molecular flexibility index (Phi) is 12.5. The minimum absolute atomic E-state index is 0.00318. The van der Waals surface area contributed by atoms with Crippen molar-refractivity contribution >= 4 is 17.9 Å². The number of nitrogens with one attached hydrogen (secondary N) is 2. The van der Waals surface area contributed by atoms with Gasteiger partial charge in [-0.25, -0.2) is 22.9 Å². The highest BCUT2D eigenvalue weighted by molar-refractivity contribution is 5.93. The molecule has 0 radical (unpaired) electrons. The average Bonchev–Trinajstić information content (AvgIpc) is 3.41. The minimum Gasteiger partial charge on any atom is -0.444 e. The van der Waals surface area contributed by atoms with Crippen molar-refractivity contribution in [2.24, 2.45) is 0 Å². The summed E-state index contributed by atoms with van der Waals surface area (Å²) in [7, 11) is 0. The number of morpholine rings is 1. The summed E-state index contributed by atoms with van der Waals surface area (Å²) in [5.74, 6) is -6.72. The van der Waals surface area contributed by atoms with Crippen molar-refractivity contribution < 1.29 is 54.9 Å². The number of ether oxygens (including phenoxy) is 3. The maximum Gasteiger partial charge on any atom is 0.449 e. The van der Waals surface area contributed by atoms with Crippen LogP contribution in [0.5, 0.6) is 0 Å². The first-order chi connectivity index (χ1) is 23.0. The highest BCUT2D eigenvalue weighted by atomic mass is 19.4. The van der Waals surface area contributed by atoms with Gasteiger partial charge in [0.2, 0.25) is 11.7 Å². The number of imidazole rings is 1. The van der Waals surface area contributed by atoms with Crippen LogP contribution in [0, 0.1) is 17.5 Å². The largest absolute Gasteiger partial charge is 0.449 e. The van der Waals surface area contributed by atoms with Crippen LogP contribution in [-0.4, -0.2) is 108 Å². The summed E-state index contributed by atoms with van der Waals surface area (Å²) in [6.45, 7) is 7.74. The predicted octanol–water partition coefficient (Wildman–Crippen LogP) is 3.27. The fourth-order valence-corrected chi connectivity index (χ4v) is 5.39. The summed E-state index contributed by atoms with van der Waals surface area (Å²) in [6, 6.07) is -0.243. The number of alkyl halides is 3. The molecule has 0 spiro atoms. The van der Waals surface area contributed by atoms with Crippen LogP contribution in [0.2, 0.25) is 0 Å². The number of aromatic nitrogens is 2. The van der Waals surface area contributed by atoms with E-state index < -0.39 is 84.1 Å². The van der Waals surface area contributed by atoms with Gasteiger partial charge in [-0.1, -0.05) is 0 Å². The molecule has 1 saturated heterocycles. The van der Waals surface area contributed by atoms with Crippen LogP contribution in [0.25, 0.3) is 0 Å². The van der Waals surface area contributed by atoms with E-state index in [1.165, 1.54) is 4.90 Å². The molecule has 272 valence electrons. The van der Waals surface area contributed by atoms with Crippen LogP contribution < -0.4 is 10.6 Å². The lowest BCUT2D eigenvalue weighted by molar-refractivity contribution is -0.148. The second-order valence-electron chi connectivity index (χ2n) is 12.6. The number of benzene rings is 1. The Morgan fingerprint density at radius 1 is 0.980 bits per heavy atom. The molecular weight excluding hydrogens is 666 g/mol. The molecule has 0 saturated carbocycles. The number of fused-ring (bicyclic) bond motifs is 1. The Morgan fingerprint density at radius 2 is 1.67 bits per heavy atom. The van der Waals surface area contributed by atoms with Gasteiger partial charge in [-0.05, 0) is 38.8 Å². The zero-order valence-corrected chi connectivity index (χ0v) is 27.4. The first-order valence-electron chi connectivity index (χ1n) is 15.7. The van der Waals surface area contributed by atoms with E-state index in [1.54, 1.807) is 20.8 Å². The van der Waals surface area contributed by atoms with Crippen molar-refractivity contribution in [2.75, 3.05) is 59.2 Å². The fourth-order valence-electron chi connectivity index (χ4n) is 5.39. The number of hydrogen-bond donors (Lipinski definition) is 2. The normalized spacial score (nSPS) is 16.2. The molecule has 1 fully saturated rings. The summed E-state index contributed by atoms with van der Waals surface area (Å²) < 4.78 is 101.